The Bertz CT molecular complexity index is 791. The first-order valence-electron chi connectivity index (χ1n) is 9.18. The number of hydrogen-bond acceptors (Lipinski definition) is 4. The second kappa shape index (κ2) is 8.97. The molecular weight excluding hydrogens is 345 g/mol. The Morgan fingerprint density at radius 2 is 1.96 bits per heavy atom. The summed E-state index contributed by atoms with van der Waals surface area (Å²) >= 11 is 0. The fourth-order valence-electron chi connectivity index (χ4n) is 3.26. The number of benzene rings is 2. The second-order valence-corrected chi connectivity index (χ2v) is 6.93. The number of amides is 1. The molecule has 0 unspecified atom stereocenters. The number of nitrogens with zero attached hydrogens (tertiary/aromatic N) is 2. The minimum atomic E-state index is -0.413. The highest BCUT2D eigenvalue weighted by Gasteiger charge is 2.16. The summed E-state index contributed by atoms with van der Waals surface area (Å²) in [7, 11) is 1.89. The number of carbonyl (C=O) groups is 1. The van der Waals surface area contributed by atoms with Gasteiger partial charge in [0, 0.05) is 25.3 Å². The Morgan fingerprint density at radius 3 is 2.70 bits per heavy atom. The largest absolute Gasteiger partial charge is 0.378 e. The Morgan fingerprint density at radius 1 is 1.22 bits per heavy atom. The highest BCUT2D eigenvalue weighted by atomic mass is 19.1. The van der Waals surface area contributed by atoms with Crippen molar-refractivity contribution in [2.75, 3.05) is 50.1 Å². The summed E-state index contributed by atoms with van der Waals surface area (Å²) < 4.78 is 19.3. The van der Waals surface area contributed by atoms with E-state index in [-0.39, 0.29) is 18.1 Å². The second-order valence-electron chi connectivity index (χ2n) is 6.93. The number of aryl methyl sites for hydroxylation is 1. The van der Waals surface area contributed by atoms with Crippen LogP contribution in [0, 0.1) is 12.7 Å². The van der Waals surface area contributed by atoms with Gasteiger partial charge in [0.25, 0.3) is 0 Å². The Kier molecular flexibility index (Phi) is 6.42. The summed E-state index contributed by atoms with van der Waals surface area (Å²) in [5.41, 5.74) is 3.38. The maximum absolute atomic E-state index is 13.9. The summed E-state index contributed by atoms with van der Waals surface area (Å²) in [6, 6.07) is 13.0. The van der Waals surface area contributed by atoms with Crippen molar-refractivity contribution in [3.05, 3.63) is 59.4 Å². The fourth-order valence-corrected chi connectivity index (χ4v) is 3.26. The number of halogens is 1. The zero-order valence-electron chi connectivity index (χ0n) is 15.9. The van der Waals surface area contributed by atoms with Gasteiger partial charge in [-0.15, -0.1) is 0 Å². The van der Waals surface area contributed by atoms with Crippen molar-refractivity contribution >= 4 is 17.3 Å². The van der Waals surface area contributed by atoms with Gasteiger partial charge in [-0.2, -0.15) is 0 Å². The van der Waals surface area contributed by atoms with Crippen LogP contribution in [0.1, 0.15) is 11.1 Å². The average Bonchev–Trinajstić information content (AvgIpc) is 2.65. The number of morpholine rings is 1. The number of rotatable bonds is 6. The van der Waals surface area contributed by atoms with Crippen LogP contribution in [0.15, 0.2) is 42.5 Å². The van der Waals surface area contributed by atoms with E-state index < -0.39 is 5.82 Å². The van der Waals surface area contributed by atoms with Crippen LogP contribution in [-0.2, 0) is 16.1 Å². The monoisotopic (exact) mass is 371 g/mol. The smallest absolute Gasteiger partial charge is 0.238 e. The molecular formula is C21H26FN3O2. The van der Waals surface area contributed by atoms with E-state index in [1.807, 2.05) is 31.0 Å². The molecule has 0 bridgehead atoms. The van der Waals surface area contributed by atoms with Gasteiger partial charge in [0.15, 0.2) is 0 Å². The van der Waals surface area contributed by atoms with E-state index in [0.29, 0.717) is 6.54 Å². The lowest BCUT2D eigenvalue weighted by Gasteiger charge is -2.31. The molecule has 0 aromatic heterocycles. The van der Waals surface area contributed by atoms with E-state index in [1.165, 1.54) is 11.8 Å². The molecule has 1 aliphatic rings. The van der Waals surface area contributed by atoms with Crippen LogP contribution in [0.25, 0.3) is 0 Å². The number of nitrogens with one attached hydrogen (secondary N) is 1. The molecule has 1 saturated heterocycles. The van der Waals surface area contributed by atoms with E-state index in [1.54, 1.807) is 12.1 Å². The normalized spacial score (nSPS) is 14.4. The third-order valence-electron chi connectivity index (χ3n) is 4.60. The van der Waals surface area contributed by atoms with Crippen molar-refractivity contribution in [2.45, 2.75) is 13.5 Å². The van der Waals surface area contributed by atoms with E-state index in [2.05, 4.69) is 22.3 Å². The molecule has 6 heteroatoms. The Hall–Kier alpha value is -2.44. The van der Waals surface area contributed by atoms with Gasteiger partial charge in [-0.25, -0.2) is 4.39 Å². The van der Waals surface area contributed by atoms with Crippen molar-refractivity contribution < 1.29 is 13.9 Å². The van der Waals surface area contributed by atoms with Crippen molar-refractivity contribution in [1.29, 1.82) is 0 Å². The van der Waals surface area contributed by atoms with E-state index >= 15 is 0 Å². The average molecular weight is 371 g/mol. The predicted molar refractivity (Wildman–Crippen MR) is 106 cm³/mol. The standard InChI is InChI=1S/C21H26FN3O2/c1-16-7-8-19(18(22)13-16)23-21(26)15-24(2)14-17-5-3-4-6-20(17)25-9-11-27-12-10-25/h3-8,13H,9-12,14-15H2,1-2H3,(H,23,26). The van der Waals surface area contributed by atoms with Crippen molar-refractivity contribution in [2.24, 2.45) is 0 Å². The predicted octanol–water partition coefficient (Wildman–Crippen LogP) is 3.04. The highest BCUT2D eigenvalue weighted by molar-refractivity contribution is 5.92. The van der Waals surface area contributed by atoms with E-state index in [9.17, 15) is 9.18 Å². The minimum absolute atomic E-state index is 0.185. The summed E-state index contributed by atoms with van der Waals surface area (Å²) in [6.07, 6.45) is 0. The highest BCUT2D eigenvalue weighted by Crippen LogP contribution is 2.22. The number of likely N-dealkylation sites (N-methyl/N-ethyl adjacent to an activating group) is 1. The molecule has 0 saturated carbocycles. The molecule has 5 nitrogen and oxygen atoms in total. The molecule has 0 atom stereocenters. The topological polar surface area (TPSA) is 44.8 Å². The van der Waals surface area contributed by atoms with Crippen LogP contribution in [0.2, 0.25) is 0 Å². The summed E-state index contributed by atoms with van der Waals surface area (Å²) in [4.78, 5) is 16.5. The van der Waals surface area contributed by atoms with Crippen molar-refractivity contribution in [3.8, 4) is 0 Å². The molecule has 0 radical (unpaired) electrons. The van der Waals surface area contributed by atoms with Gasteiger partial charge >= 0.3 is 0 Å². The van der Waals surface area contributed by atoms with Crippen LogP contribution < -0.4 is 10.2 Å². The molecule has 1 fully saturated rings. The Labute approximate surface area is 159 Å². The van der Waals surface area contributed by atoms with Crippen LogP contribution in [-0.4, -0.2) is 50.7 Å². The van der Waals surface area contributed by atoms with Crippen LogP contribution in [0.3, 0.4) is 0 Å². The van der Waals surface area contributed by atoms with E-state index in [0.717, 1.165) is 37.4 Å². The van der Waals surface area contributed by atoms with Gasteiger partial charge in [0.2, 0.25) is 5.91 Å². The molecule has 2 aromatic carbocycles. The lowest BCUT2D eigenvalue weighted by atomic mass is 10.1. The lowest BCUT2D eigenvalue weighted by molar-refractivity contribution is -0.117. The summed E-state index contributed by atoms with van der Waals surface area (Å²) in [6.45, 7) is 5.83. The minimum Gasteiger partial charge on any atom is -0.378 e. The first-order valence-corrected chi connectivity index (χ1v) is 9.18. The van der Waals surface area contributed by atoms with Gasteiger partial charge < -0.3 is 15.0 Å². The van der Waals surface area contributed by atoms with Crippen molar-refractivity contribution in [3.63, 3.8) is 0 Å². The van der Waals surface area contributed by atoms with Crippen molar-refractivity contribution in [1.82, 2.24) is 4.90 Å². The molecule has 0 aliphatic carbocycles. The number of hydrogen-bond donors (Lipinski definition) is 1. The summed E-state index contributed by atoms with van der Waals surface area (Å²) in [5, 5.41) is 2.65. The number of carbonyl (C=O) groups excluding carboxylic acids is 1. The molecule has 1 N–H and O–H groups in total. The van der Waals surface area contributed by atoms with E-state index in [4.69, 9.17) is 4.74 Å². The first-order chi connectivity index (χ1) is 13.0. The molecule has 144 valence electrons. The van der Waals surface area contributed by atoms with Crippen LogP contribution >= 0.6 is 0 Å². The third kappa shape index (κ3) is 5.28. The molecule has 1 aliphatic heterocycles. The zero-order valence-corrected chi connectivity index (χ0v) is 15.9. The zero-order chi connectivity index (χ0) is 19.2. The van der Waals surface area contributed by atoms with Gasteiger partial charge in [0.05, 0.1) is 25.4 Å². The number of ether oxygens (including phenoxy) is 1. The quantitative estimate of drug-likeness (QED) is 0.848. The molecule has 3 rings (SSSR count). The molecule has 27 heavy (non-hydrogen) atoms. The van der Waals surface area contributed by atoms with Crippen LogP contribution in [0.5, 0.6) is 0 Å². The maximum atomic E-state index is 13.9. The summed E-state index contributed by atoms with van der Waals surface area (Å²) in [5.74, 6) is -0.646. The molecule has 0 spiro atoms. The SMILES string of the molecule is Cc1ccc(NC(=O)CN(C)Cc2ccccc2N2CCOCC2)c(F)c1. The van der Waals surface area contributed by atoms with Crippen LogP contribution in [0.4, 0.5) is 15.8 Å². The number of anilines is 2. The first kappa shape index (κ1) is 19.3. The molecule has 1 heterocycles. The lowest BCUT2D eigenvalue weighted by Crippen LogP contribution is -2.37. The Balaban J connectivity index is 1.60. The fraction of sp³-hybridized carbons (Fsp3) is 0.381. The van der Waals surface area contributed by atoms with Gasteiger partial charge in [-0.1, -0.05) is 24.3 Å². The molecule has 1 amide bonds. The maximum Gasteiger partial charge on any atom is 0.238 e. The van der Waals surface area contributed by atoms with Gasteiger partial charge in [0.1, 0.15) is 5.82 Å². The number of para-hydroxylation sites is 1. The van der Waals surface area contributed by atoms with Gasteiger partial charge in [-0.05, 0) is 43.3 Å². The van der Waals surface area contributed by atoms with Gasteiger partial charge in [-0.3, -0.25) is 9.69 Å². The molecule has 2 aromatic rings. The third-order valence-corrected chi connectivity index (χ3v) is 4.60.